The van der Waals surface area contributed by atoms with Crippen molar-refractivity contribution in [1.82, 2.24) is 9.55 Å². The minimum Gasteiger partial charge on any atom is -0.329 e. The molecule has 0 fully saturated rings. The lowest BCUT2D eigenvalue weighted by Crippen LogP contribution is -2.31. The topological polar surface area (TPSA) is 43.8 Å². The Bertz CT molecular complexity index is 507. The van der Waals surface area contributed by atoms with Crippen molar-refractivity contribution in [3.8, 4) is 0 Å². The van der Waals surface area contributed by atoms with Crippen LogP contribution in [0.5, 0.6) is 0 Å². The van der Waals surface area contributed by atoms with Crippen molar-refractivity contribution in [3.05, 3.63) is 29.6 Å². The van der Waals surface area contributed by atoms with Crippen molar-refractivity contribution in [2.24, 2.45) is 5.73 Å². The van der Waals surface area contributed by atoms with Gasteiger partial charge < -0.3 is 10.3 Å². The summed E-state index contributed by atoms with van der Waals surface area (Å²) in [7, 11) is 0. The Morgan fingerprint density at radius 2 is 2.12 bits per heavy atom. The molecule has 0 aliphatic carbocycles. The molecule has 3 rings (SSSR count). The van der Waals surface area contributed by atoms with E-state index in [1.54, 1.807) is 0 Å². The van der Waals surface area contributed by atoms with Crippen LogP contribution in [0.25, 0.3) is 11.0 Å². The summed E-state index contributed by atoms with van der Waals surface area (Å²) < 4.78 is 2.16. The quantitative estimate of drug-likeness (QED) is 0.788. The van der Waals surface area contributed by atoms with E-state index in [0.29, 0.717) is 0 Å². The van der Waals surface area contributed by atoms with Gasteiger partial charge in [0.15, 0.2) is 0 Å². The molecule has 1 aliphatic heterocycles. The summed E-state index contributed by atoms with van der Waals surface area (Å²) in [5.74, 6) is 0. The summed E-state index contributed by atoms with van der Waals surface area (Å²) in [4.78, 5) is 4.39. The van der Waals surface area contributed by atoms with E-state index < -0.39 is 0 Å². The van der Waals surface area contributed by atoms with Gasteiger partial charge in [-0.25, -0.2) is 4.98 Å². The minimum absolute atomic E-state index is 0. The van der Waals surface area contributed by atoms with Gasteiger partial charge in [0.1, 0.15) is 0 Å². The molecule has 3 nitrogen and oxygen atoms in total. The first kappa shape index (κ1) is 13.3. The fourth-order valence-electron chi connectivity index (χ4n) is 2.35. The summed E-state index contributed by atoms with van der Waals surface area (Å²) in [5.41, 5.74) is 11.0. The van der Waals surface area contributed by atoms with Gasteiger partial charge in [-0.3, -0.25) is 0 Å². The smallest absolute Gasteiger partial charge is 0.0958 e. The summed E-state index contributed by atoms with van der Waals surface area (Å²) in [6.45, 7) is 3.00. The Labute approximate surface area is 107 Å². The molecule has 2 aromatic rings. The number of hydrogen-bond donors (Lipinski definition) is 1. The fourth-order valence-corrected chi connectivity index (χ4v) is 2.35. The molecule has 1 unspecified atom stereocenters. The first-order valence-electron chi connectivity index (χ1n) is 4.94. The summed E-state index contributed by atoms with van der Waals surface area (Å²) >= 11 is 0. The molecule has 0 amide bonds. The summed E-state index contributed by atoms with van der Waals surface area (Å²) in [5, 5.41) is 0. The highest BCUT2D eigenvalue weighted by atomic mass is 35.5. The third-order valence-corrected chi connectivity index (χ3v) is 2.85. The van der Waals surface area contributed by atoms with E-state index in [1.807, 2.05) is 6.33 Å². The molecule has 5 heteroatoms. The fraction of sp³-hybridized carbons (Fsp3) is 0.364. The van der Waals surface area contributed by atoms with Gasteiger partial charge in [0.25, 0.3) is 0 Å². The highest BCUT2D eigenvalue weighted by molar-refractivity contribution is 5.85. The normalized spacial score (nSPS) is 17.8. The van der Waals surface area contributed by atoms with Gasteiger partial charge in [-0.05, 0) is 30.5 Å². The Hall–Kier alpha value is -0.770. The zero-order valence-electron chi connectivity index (χ0n) is 9.01. The number of rotatable bonds is 0. The maximum atomic E-state index is 5.99. The third kappa shape index (κ3) is 1.90. The second-order valence-corrected chi connectivity index (χ2v) is 4.15. The molecule has 0 saturated carbocycles. The van der Waals surface area contributed by atoms with Crippen molar-refractivity contribution in [3.63, 3.8) is 0 Å². The number of benzene rings is 1. The Balaban J connectivity index is 0.000000640. The second-order valence-electron chi connectivity index (χ2n) is 4.15. The molecule has 1 aromatic heterocycles. The lowest BCUT2D eigenvalue weighted by Gasteiger charge is -2.20. The zero-order valence-corrected chi connectivity index (χ0v) is 10.6. The molecule has 0 saturated heterocycles. The van der Waals surface area contributed by atoms with Gasteiger partial charge in [-0.1, -0.05) is 6.07 Å². The highest BCUT2D eigenvalue weighted by Gasteiger charge is 2.18. The second kappa shape index (κ2) is 4.62. The van der Waals surface area contributed by atoms with Crippen LogP contribution in [0.1, 0.15) is 11.1 Å². The number of aryl methyl sites for hydroxylation is 1. The lowest BCUT2D eigenvalue weighted by atomic mass is 9.99. The van der Waals surface area contributed by atoms with Gasteiger partial charge in [0.2, 0.25) is 0 Å². The molecule has 1 aromatic carbocycles. The number of nitrogens with two attached hydrogens (primary N) is 1. The van der Waals surface area contributed by atoms with Crippen LogP contribution in [0.2, 0.25) is 0 Å². The standard InChI is InChI=1S/C11H13N3.2ClH/c1-7-2-8-4-9(12)5-14-6-13-10(3-7)11(8)14;;/h2-3,6,9H,4-5,12H2,1H3;2*1H. The van der Waals surface area contributed by atoms with Crippen molar-refractivity contribution in [2.75, 3.05) is 0 Å². The Morgan fingerprint density at radius 1 is 1.38 bits per heavy atom. The van der Waals surface area contributed by atoms with E-state index in [4.69, 9.17) is 5.73 Å². The lowest BCUT2D eigenvalue weighted by molar-refractivity contribution is 0.539. The van der Waals surface area contributed by atoms with Crippen molar-refractivity contribution in [2.45, 2.75) is 25.9 Å². The van der Waals surface area contributed by atoms with Crippen LogP contribution in [-0.2, 0) is 13.0 Å². The average Bonchev–Trinajstić information content (AvgIpc) is 2.48. The maximum Gasteiger partial charge on any atom is 0.0958 e. The number of halogens is 2. The molecule has 1 aliphatic rings. The van der Waals surface area contributed by atoms with E-state index in [-0.39, 0.29) is 30.9 Å². The predicted octanol–water partition coefficient (Wildman–Crippen LogP) is 2.07. The van der Waals surface area contributed by atoms with Crippen LogP contribution in [0.4, 0.5) is 0 Å². The third-order valence-electron chi connectivity index (χ3n) is 2.85. The summed E-state index contributed by atoms with van der Waals surface area (Å²) in [6, 6.07) is 4.59. The van der Waals surface area contributed by atoms with E-state index in [1.165, 1.54) is 16.6 Å². The molecule has 16 heavy (non-hydrogen) atoms. The molecule has 0 spiro atoms. The highest BCUT2D eigenvalue weighted by Crippen LogP contribution is 2.25. The van der Waals surface area contributed by atoms with E-state index in [9.17, 15) is 0 Å². The molecule has 2 N–H and O–H groups in total. The Morgan fingerprint density at radius 3 is 2.88 bits per heavy atom. The number of nitrogens with zero attached hydrogens (tertiary/aromatic N) is 2. The minimum atomic E-state index is 0. The Kier molecular flexibility index (Phi) is 3.84. The molecular weight excluding hydrogens is 245 g/mol. The average molecular weight is 260 g/mol. The maximum absolute atomic E-state index is 5.99. The van der Waals surface area contributed by atoms with Crippen molar-refractivity contribution < 1.29 is 0 Å². The monoisotopic (exact) mass is 259 g/mol. The molecule has 0 radical (unpaired) electrons. The first-order valence-corrected chi connectivity index (χ1v) is 4.94. The van der Waals surface area contributed by atoms with Gasteiger partial charge in [0.05, 0.1) is 17.4 Å². The van der Waals surface area contributed by atoms with Crippen LogP contribution in [0.15, 0.2) is 18.5 Å². The van der Waals surface area contributed by atoms with Crippen LogP contribution >= 0.6 is 24.8 Å². The molecule has 88 valence electrons. The van der Waals surface area contributed by atoms with Crippen molar-refractivity contribution >= 4 is 35.8 Å². The number of imidazole rings is 1. The molecule has 2 heterocycles. The van der Waals surface area contributed by atoms with Crippen LogP contribution in [0.3, 0.4) is 0 Å². The van der Waals surface area contributed by atoms with E-state index >= 15 is 0 Å². The van der Waals surface area contributed by atoms with Crippen LogP contribution < -0.4 is 5.73 Å². The first-order chi connectivity index (χ1) is 6.74. The van der Waals surface area contributed by atoms with Crippen LogP contribution in [-0.4, -0.2) is 15.6 Å². The predicted molar refractivity (Wildman–Crippen MR) is 70.6 cm³/mol. The SMILES string of the molecule is Cc1cc2c3c(c1)ncn3CC(N)C2.Cl.Cl. The van der Waals surface area contributed by atoms with Gasteiger partial charge in [-0.15, -0.1) is 24.8 Å². The van der Waals surface area contributed by atoms with Gasteiger partial charge in [-0.2, -0.15) is 0 Å². The van der Waals surface area contributed by atoms with E-state index in [2.05, 4.69) is 28.6 Å². The summed E-state index contributed by atoms with van der Waals surface area (Å²) in [6.07, 6.45) is 2.87. The largest absolute Gasteiger partial charge is 0.329 e. The van der Waals surface area contributed by atoms with Crippen molar-refractivity contribution in [1.29, 1.82) is 0 Å². The van der Waals surface area contributed by atoms with Gasteiger partial charge >= 0.3 is 0 Å². The molecular formula is C11H15Cl2N3. The van der Waals surface area contributed by atoms with Gasteiger partial charge in [0, 0.05) is 12.6 Å². The zero-order chi connectivity index (χ0) is 9.71. The molecule has 0 bridgehead atoms. The van der Waals surface area contributed by atoms with E-state index in [0.717, 1.165) is 18.5 Å². The van der Waals surface area contributed by atoms with Crippen LogP contribution in [0, 0.1) is 6.92 Å². The number of aromatic nitrogens is 2. The molecule has 1 atom stereocenters. The number of hydrogen-bond acceptors (Lipinski definition) is 2.